The molecule has 0 fully saturated rings. The molecular weight excluding hydrogens is 323 g/mol. The van der Waals surface area contributed by atoms with E-state index in [0.29, 0.717) is 19.3 Å². The van der Waals surface area contributed by atoms with Crippen LogP contribution >= 0.6 is 0 Å². The third kappa shape index (κ3) is 11.4. The van der Waals surface area contributed by atoms with E-state index in [1.54, 1.807) is 0 Å². The summed E-state index contributed by atoms with van der Waals surface area (Å²) in [5.74, 6) is -1.01. The SMILES string of the molecule is CCCCCC=CCC(O)c1ccccc1C=CCCCC(=O)[O-].[Na+]. The molecule has 3 nitrogen and oxygen atoms in total. The standard InChI is InChI=1S/C21H30O3.Na/c1-2-3-4-5-6-9-16-20(22)19-15-12-11-14-18(19)13-8-7-10-17-21(23)24;/h6,8-9,11-15,20,22H,2-5,7,10,16-17H2,1H3,(H,23,24);/q;+1/p-1. The Labute approximate surface area is 174 Å². The molecule has 132 valence electrons. The van der Waals surface area contributed by atoms with E-state index in [1.165, 1.54) is 19.3 Å². The number of carbonyl (C=O) groups is 1. The fourth-order valence-electron chi connectivity index (χ4n) is 2.52. The number of aliphatic carboxylic acids is 1. The zero-order chi connectivity index (χ0) is 17.6. The first-order valence-corrected chi connectivity index (χ1v) is 8.93. The maximum Gasteiger partial charge on any atom is 1.00 e. The molecule has 4 heteroatoms. The van der Waals surface area contributed by atoms with Gasteiger partial charge in [-0.2, -0.15) is 0 Å². The van der Waals surface area contributed by atoms with Crippen LogP contribution in [0.5, 0.6) is 0 Å². The van der Waals surface area contributed by atoms with Gasteiger partial charge in [0.1, 0.15) is 0 Å². The van der Waals surface area contributed by atoms with Crippen LogP contribution in [0.3, 0.4) is 0 Å². The number of hydrogen-bond donors (Lipinski definition) is 1. The van der Waals surface area contributed by atoms with Crippen LogP contribution in [-0.2, 0) is 4.79 Å². The normalized spacial score (nSPS) is 12.4. The molecule has 0 aliphatic carbocycles. The van der Waals surface area contributed by atoms with Gasteiger partial charge in [0.05, 0.1) is 6.10 Å². The van der Waals surface area contributed by atoms with Crippen molar-refractivity contribution in [2.75, 3.05) is 0 Å². The zero-order valence-electron chi connectivity index (χ0n) is 15.6. The smallest absolute Gasteiger partial charge is 0.550 e. The molecule has 0 heterocycles. The number of rotatable bonds is 12. The fraction of sp³-hybridized carbons (Fsp3) is 0.476. The van der Waals surface area contributed by atoms with Crippen molar-refractivity contribution in [3.63, 3.8) is 0 Å². The van der Waals surface area contributed by atoms with Crippen LogP contribution in [0.4, 0.5) is 0 Å². The van der Waals surface area contributed by atoms with E-state index in [-0.39, 0.29) is 36.0 Å². The molecule has 0 bridgehead atoms. The van der Waals surface area contributed by atoms with Crippen molar-refractivity contribution in [3.05, 3.63) is 53.6 Å². The second kappa shape index (κ2) is 15.4. The Morgan fingerprint density at radius 2 is 1.84 bits per heavy atom. The van der Waals surface area contributed by atoms with Crippen LogP contribution in [-0.4, -0.2) is 11.1 Å². The minimum Gasteiger partial charge on any atom is -0.550 e. The van der Waals surface area contributed by atoms with Gasteiger partial charge < -0.3 is 15.0 Å². The predicted molar refractivity (Wildman–Crippen MR) is 97.2 cm³/mol. The summed E-state index contributed by atoms with van der Waals surface area (Å²) in [7, 11) is 0. The summed E-state index contributed by atoms with van der Waals surface area (Å²) in [5, 5.41) is 20.8. The van der Waals surface area contributed by atoms with E-state index in [2.05, 4.69) is 19.1 Å². The minimum atomic E-state index is -1.01. The number of carboxylic acids is 1. The Morgan fingerprint density at radius 1 is 1.12 bits per heavy atom. The molecular formula is C21H29NaO3. The Kier molecular flexibility index (Phi) is 14.9. The van der Waals surface area contributed by atoms with Crippen molar-refractivity contribution in [1.29, 1.82) is 0 Å². The van der Waals surface area contributed by atoms with E-state index >= 15 is 0 Å². The molecule has 0 aromatic heterocycles. The Hall–Kier alpha value is -0.870. The van der Waals surface area contributed by atoms with Gasteiger partial charge in [-0.15, -0.1) is 0 Å². The van der Waals surface area contributed by atoms with Crippen molar-refractivity contribution in [2.45, 2.75) is 64.4 Å². The van der Waals surface area contributed by atoms with Crippen LogP contribution in [0.1, 0.15) is 75.5 Å². The minimum absolute atomic E-state index is 0. The first-order valence-electron chi connectivity index (χ1n) is 8.93. The van der Waals surface area contributed by atoms with E-state index in [1.807, 2.05) is 36.4 Å². The predicted octanol–water partition coefficient (Wildman–Crippen LogP) is 1.18. The monoisotopic (exact) mass is 352 g/mol. The third-order valence-electron chi connectivity index (χ3n) is 3.90. The molecule has 25 heavy (non-hydrogen) atoms. The molecule has 0 aliphatic heterocycles. The summed E-state index contributed by atoms with van der Waals surface area (Å²) in [6.45, 7) is 2.19. The van der Waals surface area contributed by atoms with Gasteiger partial charge in [0.2, 0.25) is 0 Å². The summed E-state index contributed by atoms with van der Waals surface area (Å²) < 4.78 is 0. The molecule has 0 aliphatic rings. The zero-order valence-corrected chi connectivity index (χ0v) is 17.6. The van der Waals surface area contributed by atoms with Gasteiger partial charge in [0.25, 0.3) is 0 Å². The number of unbranched alkanes of at least 4 members (excludes halogenated alkanes) is 4. The van der Waals surface area contributed by atoms with E-state index in [9.17, 15) is 15.0 Å². The molecule has 1 aromatic carbocycles. The van der Waals surface area contributed by atoms with Gasteiger partial charge in [-0.1, -0.05) is 68.3 Å². The summed E-state index contributed by atoms with van der Waals surface area (Å²) >= 11 is 0. The van der Waals surface area contributed by atoms with Crippen LogP contribution in [0, 0.1) is 0 Å². The van der Waals surface area contributed by atoms with Crippen LogP contribution in [0.25, 0.3) is 6.08 Å². The molecule has 1 unspecified atom stereocenters. The first-order chi connectivity index (χ1) is 11.6. The summed E-state index contributed by atoms with van der Waals surface area (Å²) in [4.78, 5) is 10.4. The molecule has 1 N–H and O–H groups in total. The molecule has 0 amide bonds. The molecule has 1 rings (SSSR count). The number of benzene rings is 1. The Morgan fingerprint density at radius 3 is 2.56 bits per heavy atom. The second-order valence-corrected chi connectivity index (χ2v) is 6.01. The van der Waals surface area contributed by atoms with Gasteiger partial charge in [-0.05, 0) is 49.7 Å². The first kappa shape index (κ1) is 24.1. The average molecular weight is 352 g/mol. The molecule has 0 saturated carbocycles. The number of carboxylic acid groups (broad SMARTS) is 1. The van der Waals surface area contributed by atoms with Crippen LogP contribution in [0.2, 0.25) is 0 Å². The van der Waals surface area contributed by atoms with E-state index in [4.69, 9.17) is 0 Å². The van der Waals surface area contributed by atoms with Gasteiger partial charge in [-0.3, -0.25) is 0 Å². The second-order valence-electron chi connectivity index (χ2n) is 6.01. The van der Waals surface area contributed by atoms with Crippen molar-refractivity contribution in [1.82, 2.24) is 0 Å². The Bertz CT molecular complexity index is 538. The maximum atomic E-state index is 10.4. The third-order valence-corrected chi connectivity index (χ3v) is 3.90. The van der Waals surface area contributed by atoms with Gasteiger partial charge in [0.15, 0.2) is 0 Å². The van der Waals surface area contributed by atoms with Crippen LogP contribution in [0.15, 0.2) is 42.5 Å². The Balaban J connectivity index is 0.00000576. The van der Waals surface area contributed by atoms with Crippen molar-refractivity contribution >= 4 is 12.0 Å². The van der Waals surface area contributed by atoms with E-state index in [0.717, 1.165) is 17.5 Å². The fourth-order valence-corrected chi connectivity index (χ4v) is 2.52. The number of hydrogen-bond acceptors (Lipinski definition) is 3. The molecule has 0 spiro atoms. The number of carbonyl (C=O) groups excluding carboxylic acids is 1. The average Bonchev–Trinajstić information content (AvgIpc) is 2.57. The number of aliphatic hydroxyl groups excluding tert-OH is 1. The summed E-state index contributed by atoms with van der Waals surface area (Å²) in [6.07, 6.45) is 14.3. The van der Waals surface area contributed by atoms with Crippen LogP contribution < -0.4 is 34.7 Å². The topological polar surface area (TPSA) is 60.4 Å². The van der Waals surface area contributed by atoms with Gasteiger partial charge >= 0.3 is 29.6 Å². The summed E-state index contributed by atoms with van der Waals surface area (Å²) in [6, 6.07) is 7.78. The quantitative estimate of drug-likeness (QED) is 0.349. The molecule has 0 saturated heterocycles. The van der Waals surface area contributed by atoms with Crippen molar-refractivity contribution in [3.8, 4) is 0 Å². The van der Waals surface area contributed by atoms with Gasteiger partial charge in [0, 0.05) is 5.97 Å². The van der Waals surface area contributed by atoms with E-state index < -0.39 is 12.1 Å². The number of allylic oxidation sites excluding steroid dienone is 2. The molecule has 1 atom stereocenters. The van der Waals surface area contributed by atoms with Gasteiger partial charge in [-0.25, -0.2) is 0 Å². The number of aliphatic hydroxyl groups is 1. The molecule has 0 radical (unpaired) electrons. The van der Waals surface area contributed by atoms with Crippen molar-refractivity contribution < 1.29 is 44.6 Å². The van der Waals surface area contributed by atoms with Crippen molar-refractivity contribution in [2.24, 2.45) is 0 Å². The largest absolute Gasteiger partial charge is 1.00 e. The maximum absolute atomic E-state index is 10.4. The summed E-state index contributed by atoms with van der Waals surface area (Å²) in [5.41, 5.74) is 1.89. The molecule has 1 aromatic rings.